The number of rotatable bonds is 4. The lowest BCUT2D eigenvalue weighted by Gasteiger charge is -2.13. The topological polar surface area (TPSA) is 60.6 Å². The number of pyridine rings is 1. The molecule has 0 amide bonds. The molecule has 23 heavy (non-hydrogen) atoms. The van der Waals surface area contributed by atoms with E-state index in [1.54, 1.807) is 39.5 Å². The molecule has 2 aromatic carbocycles. The quantitative estimate of drug-likeness (QED) is 0.803. The first-order valence-corrected chi connectivity index (χ1v) is 7.09. The zero-order valence-electron chi connectivity index (χ0n) is 13.2. The monoisotopic (exact) mass is 311 g/mol. The third-order valence-corrected chi connectivity index (χ3v) is 3.73. The third kappa shape index (κ3) is 2.73. The first-order valence-electron chi connectivity index (χ1n) is 7.09. The molecule has 0 saturated heterocycles. The summed E-state index contributed by atoms with van der Waals surface area (Å²) in [6.07, 6.45) is 0. The fourth-order valence-corrected chi connectivity index (χ4v) is 2.62. The molecular formula is C18H17NO4. The number of H-pyrrole nitrogens is 1. The number of ether oxygens (including phenoxy) is 3. The maximum Gasteiger partial charge on any atom is 0.249 e. The normalized spacial score (nSPS) is 10.6. The second kappa shape index (κ2) is 6.04. The first kappa shape index (κ1) is 15.0. The van der Waals surface area contributed by atoms with Gasteiger partial charge < -0.3 is 19.2 Å². The van der Waals surface area contributed by atoms with E-state index in [1.807, 2.05) is 24.3 Å². The van der Waals surface area contributed by atoms with Gasteiger partial charge >= 0.3 is 0 Å². The van der Waals surface area contributed by atoms with Crippen molar-refractivity contribution in [3.63, 3.8) is 0 Å². The van der Waals surface area contributed by atoms with Gasteiger partial charge in [0.15, 0.2) is 0 Å². The van der Waals surface area contributed by atoms with E-state index in [2.05, 4.69) is 4.98 Å². The van der Waals surface area contributed by atoms with Crippen LogP contribution < -0.4 is 19.8 Å². The molecule has 0 aliphatic carbocycles. The second-order valence-electron chi connectivity index (χ2n) is 5.03. The molecule has 5 nitrogen and oxygen atoms in total. The summed E-state index contributed by atoms with van der Waals surface area (Å²) in [4.78, 5) is 14.9. The van der Waals surface area contributed by atoms with Crippen LogP contribution in [0.2, 0.25) is 0 Å². The Bertz CT molecular complexity index is 897. The van der Waals surface area contributed by atoms with Crippen LogP contribution in [-0.4, -0.2) is 26.3 Å². The molecule has 118 valence electrons. The summed E-state index contributed by atoms with van der Waals surface area (Å²) in [6, 6.07) is 12.7. The molecular weight excluding hydrogens is 294 g/mol. The van der Waals surface area contributed by atoms with Gasteiger partial charge in [0.1, 0.15) is 17.2 Å². The van der Waals surface area contributed by atoms with Gasteiger partial charge in [0.05, 0.1) is 26.8 Å². The Balaban J connectivity index is 2.32. The Labute approximate surface area is 133 Å². The van der Waals surface area contributed by atoms with Gasteiger partial charge in [-0.3, -0.25) is 4.79 Å². The van der Waals surface area contributed by atoms with Gasteiger partial charge in [-0.1, -0.05) is 12.1 Å². The van der Waals surface area contributed by atoms with E-state index in [-0.39, 0.29) is 5.56 Å². The summed E-state index contributed by atoms with van der Waals surface area (Å²) in [6.45, 7) is 0. The number of hydrogen-bond acceptors (Lipinski definition) is 4. The fourth-order valence-electron chi connectivity index (χ4n) is 2.62. The van der Waals surface area contributed by atoms with Gasteiger partial charge in [0.25, 0.3) is 0 Å². The van der Waals surface area contributed by atoms with Gasteiger partial charge in [-0.25, -0.2) is 0 Å². The van der Waals surface area contributed by atoms with Crippen molar-refractivity contribution in [1.29, 1.82) is 0 Å². The zero-order chi connectivity index (χ0) is 16.4. The summed E-state index contributed by atoms with van der Waals surface area (Å²) in [7, 11) is 4.79. The molecule has 0 fully saturated rings. The molecule has 0 radical (unpaired) electrons. The maximum atomic E-state index is 12.0. The molecule has 1 aromatic heterocycles. The minimum absolute atomic E-state index is 0.182. The summed E-state index contributed by atoms with van der Waals surface area (Å²) in [5.41, 5.74) is 2.19. The van der Waals surface area contributed by atoms with Crippen LogP contribution in [0.4, 0.5) is 0 Å². The number of aromatic nitrogens is 1. The summed E-state index contributed by atoms with van der Waals surface area (Å²) >= 11 is 0. The van der Waals surface area contributed by atoms with Gasteiger partial charge in [-0.2, -0.15) is 0 Å². The van der Waals surface area contributed by atoms with E-state index >= 15 is 0 Å². The van der Waals surface area contributed by atoms with Crippen LogP contribution in [0.3, 0.4) is 0 Å². The zero-order valence-corrected chi connectivity index (χ0v) is 13.2. The van der Waals surface area contributed by atoms with Crippen molar-refractivity contribution in [3.05, 3.63) is 52.8 Å². The third-order valence-electron chi connectivity index (χ3n) is 3.73. The standard InChI is InChI=1S/C18H17NO4/c1-21-12-6-4-11(5-7-12)14-10-17(20)19-15-8-13(22-2)9-16(23-3)18(14)15/h4-10H,1-3H3,(H,19,20). The van der Waals surface area contributed by atoms with Crippen molar-refractivity contribution in [2.45, 2.75) is 0 Å². The average molecular weight is 311 g/mol. The predicted octanol–water partition coefficient (Wildman–Crippen LogP) is 3.22. The van der Waals surface area contributed by atoms with Gasteiger partial charge in [0.2, 0.25) is 5.56 Å². The van der Waals surface area contributed by atoms with Crippen LogP contribution in [0.1, 0.15) is 0 Å². The summed E-state index contributed by atoms with van der Waals surface area (Å²) in [5, 5.41) is 0.832. The highest BCUT2D eigenvalue weighted by Crippen LogP contribution is 2.36. The van der Waals surface area contributed by atoms with Crippen molar-refractivity contribution in [2.24, 2.45) is 0 Å². The number of nitrogens with one attached hydrogen (secondary N) is 1. The molecule has 0 unspecified atom stereocenters. The van der Waals surface area contributed by atoms with Crippen molar-refractivity contribution >= 4 is 10.9 Å². The highest BCUT2D eigenvalue weighted by molar-refractivity contribution is 5.99. The van der Waals surface area contributed by atoms with E-state index in [1.165, 1.54) is 0 Å². The van der Waals surface area contributed by atoms with E-state index in [4.69, 9.17) is 14.2 Å². The lowest BCUT2D eigenvalue weighted by Crippen LogP contribution is -2.06. The predicted molar refractivity (Wildman–Crippen MR) is 89.7 cm³/mol. The van der Waals surface area contributed by atoms with Gasteiger partial charge in [0, 0.05) is 29.1 Å². The van der Waals surface area contributed by atoms with Crippen molar-refractivity contribution in [1.82, 2.24) is 4.98 Å². The smallest absolute Gasteiger partial charge is 0.249 e. The number of fused-ring (bicyclic) bond motifs is 1. The Morgan fingerprint density at radius 3 is 2.13 bits per heavy atom. The molecule has 0 atom stereocenters. The van der Waals surface area contributed by atoms with Gasteiger partial charge in [-0.05, 0) is 17.7 Å². The maximum absolute atomic E-state index is 12.0. The lowest BCUT2D eigenvalue weighted by molar-refractivity contribution is 0.398. The van der Waals surface area contributed by atoms with E-state index in [0.29, 0.717) is 17.0 Å². The Morgan fingerprint density at radius 2 is 1.52 bits per heavy atom. The Hall–Kier alpha value is -2.95. The lowest BCUT2D eigenvalue weighted by atomic mass is 10.00. The summed E-state index contributed by atoms with van der Waals surface area (Å²) < 4.78 is 15.9. The van der Waals surface area contributed by atoms with E-state index in [9.17, 15) is 4.79 Å². The number of hydrogen-bond donors (Lipinski definition) is 1. The van der Waals surface area contributed by atoms with Crippen LogP contribution in [-0.2, 0) is 0 Å². The molecule has 0 bridgehead atoms. The molecule has 3 rings (SSSR count). The minimum atomic E-state index is -0.182. The number of aromatic amines is 1. The highest BCUT2D eigenvalue weighted by Gasteiger charge is 2.13. The fraction of sp³-hybridized carbons (Fsp3) is 0.167. The molecule has 5 heteroatoms. The van der Waals surface area contributed by atoms with E-state index < -0.39 is 0 Å². The van der Waals surface area contributed by atoms with Crippen LogP contribution in [0.5, 0.6) is 17.2 Å². The first-order chi connectivity index (χ1) is 11.2. The molecule has 1 heterocycles. The van der Waals surface area contributed by atoms with Gasteiger partial charge in [-0.15, -0.1) is 0 Å². The summed E-state index contributed by atoms with van der Waals surface area (Å²) in [5.74, 6) is 2.02. The Morgan fingerprint density at radius 1 is 0.826 bits per heavy atom. The average Bonchev–Trinajstić information content (AvgIpc) is 2.59. The number of benzene rings is 2. The molecule has 1 N–H and O–H groups in total. The SMILES string of the molecule is COc1ccc(-c2cc(=O)[nH]c3cc(OC)cc(OC)c23)cc1. The van der Waals surface area contributed by atoms with Crippen LogP contribution in [0.25, 0.3) is 22.0 Å². The van der Waals surface area contributed by atoms with Crippen LogP contribution in [0.15, 0.2) is 47.3 Å². The van der Waals surface area contributed by atoms with Crippen molar-refractivity contribution < 1.29 is 14.2 Å². The molecule has 0 saturated carbocycles. The largest absolute Gasteiger partial charge is 0.497 e. The van der Waals surface area contributed by atoms with Crippen molar-refractivity contribution in [3.8, 4) is 28.4 Å². The van der Waals surface area contributed by atoms with Crippen molar-refractivity contribution in [2.75, 3.05) is 21.3 Å². The van der Waals surface area contributed by atoms with Crippen LogP contribution in [0, 0.1) is 0 Å². The Kier molecular flexibility index (Phi) is 3.93. The van der Waals surface area contributed by atoms with E-state index in [0.717, 1.165) is 22.3 Å². The number of methoxy groups -OCH3 is 3. The minimum Gasteiger partial charge on any atom is -0.497 e. The van der Waals surface area contributed by atoms with Crippen LogP contribution >= 0.6 is 0 Å². The highest BCUT2D eigenvalue weighted by atomic mass is 16.5. The molecule has 0 aliphatic rings. The second-order valence-corrected chi connectivity index (χ2v) is 5.03. The molecule has 0 aliphatic heterocycles. The molecule has 3 aromatic rings. The molecule has 0 spiro atoms.